The molecule has 3 aromatic rings. The molecule has 0 saturated heterocycles. The van der Waals surface area contributed by atoms with Crippen molar-refractivity contribution in [3.63, 3.8) is 0 Å². The van der Waals surface area contributed by atoms with Crippen LogP contribution in [0.2, 0.25) is 15.2 Å². The molecule has 0 aromatic carbocycles. The number of nitrogens with zero attached hydrogens (tertiary/aromatic N) is 2. The smallest absolute Gasteiger partial charge is 0.359 e. The van der Waals surface area contributed by atoms with Crippen LogP contribution < -0.4 is 5.73 Å². The summed E-state index contributed by atoms with van der Waals surface area (Å²) in [6.07, 6.45) is 0.875. The molecule has 0 spiro atoms. The highest BCUT2D eigenvalue weighted by molar-refractivity contribution is 7.09. The molecule has 0 saturated carbocycles. The molecule has 0 amide bonds. The number of rotatable bonds is 7. The minimum absolute atomic E-state index is 0.0516. The third kappa shape index (κ3) is 4.64. The van der Waals surface area contributed by atoms with Crippen molar-refractivity contribution in [2.45, 2.75) is 26.8 Å². The number of ketones is 1. The summed E-state index contributed by atoms with van der Waals surface area (Å²) in [6, 6.07) is 5.89. The van der Waals surface area contributed by atoms with Crippen molar-refractivity contribution < 1.29 is 14.3 Å². The molecule has 10 heteroatoms. The fraction of sp³-hybridized carbons (Fsp3) is 0.250. The number of nitrogen functional groups attached to an aromatic ring is 1. The maximum Gasteiger partial charge on any atom is 0.359 e. The average molecular weight is 487 g/mol. The van der Waals surface area contributed by atoms with Crippen molar-refractivity contribution in [2.75, 3.05) is 12.3 Å². The van der Waals surface area contributed by atoms with Gasteiger partial charge in [-0.15, -0.1) is 11.3 Å². The van der Waals surface area contributed by atoms with Crippen LogP contribution in [0.5, 0.6) is 0 Å². The molecular formula is C20H18Cl3N3O3S. The van der Waals surface area contributed by atoms with Crippen molar-refractivity contribution in [2.24, 2.45) is 0 Å². The molecule has 0 radical (unpaired) electrons. The van der Waals surface area contributed by atoms with Crippen LogP contribution in [0.25, 0.3) is 0 Å². The van der Waals surface area contributed by atoms with Crippen molar-refractivity contribution in [3.05, 3.63) is 66.3 Å². The molecule has 0 aliphatic rings. The molecule has 30 heavy (non-hydrogen) atoms. The number of thiophene rings is 1. The normalized spacial score (nSPS) is 11.0. The van der Waals surface area contributed by atoms with Crippen LogP contribution in [0, 0.1) is 13.8 Å². The first-order chi connectivity index (χ1) is 14.2. The van der Waals surface area contributed by atoms with Crippen molar-refractivity contribution in [1.82, 2.24) is 9.55 Å². The van der Waals surface area contributed by atoms with E-state index in [1.807, 2.05) is 25.3 Å². The van der Waals surface area contributed by atoms with Crippen molar-refractivity contribution >= 4 is 63.6 Å². The van der Waals surface area contributed by atoms with E-state index in [1.54, 1.807) is 17.4 Å². The molecule has 0 fully saturated rings. The predicted molar refractivity (Wildman–Crippen MR) is 120 cm³/mol. The Balaban J connectivity index is 1.69. The van der Waals surface area contributed by atoms with Gasteiger partial charge in [0.2, 0.25) is 5.78 Å². The summed E-state index contributed by atoms with van der Waals surface area (Å²) in [6.45, 7) is 4.10. The summed E-state index contributed by atoms with van der Waals surface area (Å²) in [7, 11) is 0. The molecule has 0 aliphatic heterocycles. The van der Waals surface area contributed by atoms with Gasteiger partial charge in [-0.2, -0.15) is 0 Å². The van der Waals surface area contributed by atoms with E-state index in [-0.39, 0.29) is 32.4 Å². The number of carbonyl (C=O) groups is 2. The van der Waals surface area contributed by atoms with Crippen LogP contribution in [-0.2, 0) is 17.7 Å². The first kappa shape index (κ1) is 22.6. The number of carbonyl (C=O) groups excluding carboxylic acids is 2. The number of aromatic nitrogens is 2. The number of anilines is 1. The fourth-order valence-electron chi connectivity index (χ4n) is 3.05. The largest absolute Gasteiger partial charge is 0.453 e. The van der Waals surface area contributed by atoms with E-state index in [9.17, 15) is 9.59 Å². The summed E-state index contributed by atoms with van der Waals surface area (Å²) < 4.78 is 7.17. The van der Waals surface area contributed by atoms with Gasteiger partial charge in [0.05, 0.1) is 10.7 Å². The monoisotopic (exact) mass is 485 g/mol. The zero-order valence-electron chi connectivity index (χ0n) is 16.2. The highest BCUT2D eigenvalue weighted by Gasteiger charge is 2.23. The predicted octanol–water partition coefficient (Wildman–Crippen LogP) is 5.39. The second-order valence-corrected chi connectivity index (χ2v) is 8.70. The van der Waals surface area contributed by atoms with Crippen molar-refractivity contribution in [1.29, 1.82) is 0 Å². The Morgan fingerprint density at radius 3 is 2.63 bits per heavy atom. The van der Waals surface area contributed by atoms with Crippen molar-refractivity contribution in [3.8, 4) is 0 Å². The lowest BCUT2D eigenvalue weighted by Gasteiger charge is -2.10. The molecule has 3 aromatic heterocycles. The van der Waals surface area contributed by atoms with E-state index in [1.165, 1.54) is 4.88 Å². The lowest BCUT2D eigenvalue weighted by atomic mass is 10.1. The first-order valence-electron chi connectivity index (χ1n) is 8.90. The zero-order chi connectivity index (χ0) is 22.0. The highest BCUT2D eigenvalue weighted by Crippen LogP contribution is 2.34. The van der Waals surface area contributed by atoms with Gasteiger partial charge >= 0.3 is 5.97 Å². The van der Waals surface area contributed by atoms with E-state index < -0.39 is 12.6 Å². The maximum absolute atomic E-state index is 12.7. The van der Waals surface area contributed by atoms with Gasteiger partial charge in [-0.05, 0) is 37.8 Å². The van der Waals surface area contributed by atoms with Gasteiger partial charge in [0.1, 0.15) is 5.02 Å². The third-order valence-corrected chi connectivity index (χ3v) is 6.71. The number of Topliss-reactive ketones (excluding diaryl/α,β-unsaturated/α-hetero) is 1. The lowest BCUT2D eigenvalue weighted by molar-refractivity contribution is 0.0469. The van der Waals surface area contributed by atoms with Gasteiger partial charge < -0.3 is 15.0 Å². The average Bonchev–Trinajstić information content (AvgIpc) is 3.33. The summed E-state index contributed by atoms with van der Waals surface area (Å²) in [4.78, 5) is 30.1. The van der Waals surface area contributed by atoms with Gasteiger partial charge in [-0.3, -0.25) is 4.79 Å². The Kier molecular flexibility index (Phi) is 7.08. The van der Waals surface area contributed by atoms with Gasteiger partial charge in [0.15, 0.2) is 17.5 Å². The third-order valence-electron chi connectivity index (χ3n) is 4.64. The van der Waals surface area contributed by atoms with E-state index >= 15 is 0 Å². The fourth-order valence-corrected chi connectivity index (χ4v) is 4.33. The second-order valence-electron chi connectivity index (χ2n) is 6.56. The van der Waals surface area contributed by atoms with Crippen LogP contribution >= 0.6 is 46.1 Å². The standard InChI is InChI=1S/C20H18Cl3N3O3S/c1-10-8-13(11(2)26(10)6-5-12-4-3-7-30-12)14(27)9-29-20(28)18-15(21)17(24)16(22)19(23)25-18/h3-4,7-8H,5-6,9H2,1-2H3,(H2,24,25). The Labute approximate surface area is 192 Å². The quantitative estimate of drug-likeness (QED) is 0.275. The lowest BCUT2D eigenvalue weighted by Crippen LogP contribution is -2.17. The van der Waals surface area contributed by atoms with Gasteiger partial charge in [0, 0.05) is 28.4 Å². The van der Waals surface area contributed by atoms with Gasteiger partial charge in [-0.1, -0.05) is 40.9 Å². The number of aryl methyl sites for hydroxylation is 2. The molecular weight excluding hydrogens is 469 g/mol. The van der Waals surface area contributed by atoms with Crippen LogP contribution in [0.1, 0.15) is 37.1 Å². The van der Waals surface area contributed by atoms with Crippen LogP contribution in [0.15, 0.2) is 23.6 Å². The van der Waals surface area contributed by atoms with Gasteiger partial charge in [-0.25, -0.2) is 9.78 Å². The number of hydrogen-bond acceptors (Lipinski definition) is 6. The Hall–Kier alpha value is -2.06. The molecule has 3 heterocycles. The Morgan fingerprint density at radius 2 is 1.97 bits per heavy atom. The molecule has 3 rings (SSSR count). The minimum atomic E-state index is -0.912. The number of halogens is 3. The molecule has 158 valence electrons. The number of hydrogen-bond donors (Lipinski definition) is 1. The number of esters is 1. The van der Waals surface area contributed by atoms with E-state index in [0.717, 1.165) is 24.4 Å². The molecule has 0 atom stereocenters. The van der Waals surface area contributed by atoms with Crippen LogP contribution in [0.3, 0.4) is 0 Å². The Morgan fingerprint density at radius 1 is 1.23 bits per heavy atom. The van der Waals surface area contributed by atoms with E-state index in [4.69, 9.17) is 45.3 Å². The minimum Gasteiger partial charge on any atom is -0.453 e. The summed E-state index contributed by atoms with van der Waals surface area (Å²) in [5.74, 6) is -1.24. The van der Waals surface area contributed by atoms with Gasteiger partial charge in [0.25, 0.3) is 0 Å². The van der Waals surface area contributed by atoms with E-state index in [2.05, 4.69) is 15.6 Å². The molecule has 0 unspecified atom stereocenters. The Bertz CT molecular complexity index is 1110. The molecule has 6 nitrogen and oxygen atoms in total. The molecule has 0 bridgehead atoms. The number of nitrogens with two attached hydrogens (primary N) is 1. The summed E-state index contributed by atoms with van der Waals surface area (Å²) in [5, 5.41) is 1.64. The molecule has 2 N–H and O–H groups in total. The maximum atomic E-state index is 12.7. The zero-order valence-corrected chi connectivity index (χ0v) is 19.3. The van der Waals surface area contributed by atoms with E-state index in [0.29, 0.717) is 5.56 Å². The summed E-state index contributed by atoms with van der Waals surface area (Å²) in [5.41, 5.74) is 7.61. The summed E-state index contributed by atoms with van der Waals surface area (Å²) >= 11 is 19.4. The topological polar surface area (TPSA) is 87.2 Å². The highest BCUT2D eigenvalue weighted by atomic mass is 35.5. The molecule has 0 aliphatic carbocycles. The SMILES string of the molecule is Cc1cc(C(=O)COC(=O)c2nc(Cl)c(Cl)c(N)c2Cl)c(C)n1CCc1cccs1. The number of pyridine rings is 1. The number of ether oxygens (including phenoxy) is 1. The van der Waals surface area contributed by atoms with Crippen LogP contribution in [-0.4, -0.2) is 27.9 Å². The second kappa shape index (κ2) is 9.39. The van der Waals surface area contributed by atoms with Crippen LogP contribution in [0.4, 0.5) is 5.69 Å². The first-order valence-corrected chi connectivity index (χ1v) is 10.9.